The van der Waals surface area contributed by atoms with Crippen LogP contribution in [0.25, 0.3) is 0 Å². The molecule has 0 heterocycles. The maximum Gasteiger partial charge on any atom is 0.269 e. The fraction of sp³-hybridized carbons (Fsp3) is 0.0714. The van der Waals surface area contributed by atoms with Gasteiger partial charge in [-0.05, 0) is 29.8 Å². The number of hydrogen-bond donors (Lipinski definition) is 1. The van der Waals surface area contributed by atoms with Crippen molar-refractivity contribution >= 4 is 23.2 Å². The fourth-order valence-electron chi connectivity index (χ4n) is 1.68. The van der Waals surface area contributed by atoms with Gasteiger partial charge in [0.2, 0.25) is 0 Å². The summed E-state index contributed by atoms with van der Waals surface area (Å²) in [5.41, 5.74) is 0.778. The van der Waals surface area contributed by atoms with Crippen LogP contribution in [-0.4, -0.2) is 10.8 Å². The number of nitrogens with zero attached hydrogens (tertiary/aromatic N) is 1. The van der Waals surface area contributed by atoms with Crippen LogP contribution in [0, 0.1) is 15.9 Å². The normalized spacial score (nSPS) is 10.2. The molecule has 0 aliphatic carbocycles. The van der Waals surface area contributed by atoms with E-state index >= 15 is 0 Å². The van der Waals surface area contributed by atoms with Gasteiger partial charge in [-0.15, -0.1) is 0 Å². The molecule has 0 atom stereocenters. The van der Waals surface area contributed by atoms with E-state index in [0.717, 1.165) is 6.07 Å². The van der Waals surface area contributed by atoms with E-state index < -0.39 is 16.6 Å². The van der Waals surface area contributed by atoms with E-state index in [1.165, 1.54) is 36.4 Å². The first-order chi connectivity index (χ1) is 9.97. The van der Waals surface area contributed by atoms with Crippen LogP contribution in [0.4, 0.5) is 10.1 Å². The molecular weight excluding hydrogens is 299 g/mol. The Labute approximate surface area is 124 Å². The second-order valence-electron chi connectivity index (χ2n) is 4.22. The number of benzene rings is 2. The minimum atomic E-state index is -0.542. The van der Waals surface area contributed by atoms with Crippen molar-refractivity contribution in [2.24, 2.45) is 0 Å². The molecule has 5 nitrogen and oxygen atoms in total. The van der Waals surface area contributed by atoms with E-state index in [1.54, 1.807) is 0 Å². The van der Waals surface area contributed by atoms with Crippen molar-refractivity contribution in [1.82, 2.24) is 5.32 Å². The van der Waals surface area contributed by atoms with Gasteiger partial charge in [-0.1, -0.05) is 17.7 Å². The summed E-state index contributed by atoms with van der Waals surface area (Å²) in [5, 5.41) is 13.3. The molecule has 0 spiro atoms. The average molecular weight is 309 g/mol. The van der Waals surface area contributed by atoms with E-state index in [-0.39, 0.29) is 17.3 Å². The zero-order chi connectivity index (χ0) is 15.4. The lowest BCUT2D eigenvalue weighted by molar-refractivity contribution is -0.384. The number of nitro benzene ring substituents is 1. The minimum Gasteiger partial charge on any atom is -0.348 e. The van der Waals surface area contributed by atoms with Crippen molar-refractivity contribution in [3.63, 3.8) is 0 Å². The van der Waals surface area contributed by atoms with Gasteiger partial charge in [0.1, 0.15) is 5.82 Å². The Morgan fingerprint density at radius 3 is 2.48 bits per heavy atom. The first-order valence-corrected chi connectivity index (χ1v) is 6.32. The first kappa shape index (κ1) is 14.9. The zero-order valence-corrected chi connectivity index (χ0v) is 11.4. The van der Waals surface area contributed by atoms with Crippen LogP contribution in [0.15, 0.2) is 42.5 Å². The predicted octanol–water partition coefficient (Wildman–Crippen LogP) is 3.32. The number of nitro groups is 1. The monoisotopic (exact) mass is 308 g/mol. The summed E-state index contributed by atoms with van der Waals surface area (Å²) in [6, 6.07) is 9.11. The Kier molecular flexibility index (Phi) is 4.49. The number of non-ortho nitro benzene ring substituents is 1. The Bertz CT molecular complexity index is 689. The second kappa shape index (κ2) is 6.32. The maximum atomic E-state index is 12.9. The van der Waals surface area contributed by atoms with E-state index in [9.17, 15) is 19.3 Å². The highest BCUT2D eigenvalue weighted by atomic mass is 35.5. The number of carbonyl (C=O) groups excluding carboxylic acids is 1. The molecule has 7 heteroatoms. The summed E-state index contributed by atoms with van der Waals surface area (Å²) in [6.45, 7) is 0.134. The average Bonchev–Trinajstić information content (AvgIpc) is 2.46. The third-order valence-corrected chi connectivity index (χ3v) is 3.15. The lowest BCUT2D eigenvalue weighted by Gasteiger charge is -2.07. The van der Waals surface area contributed by atoms with Gasteiger partial charge in [0.15, 0.2) is 0 Å². The minimum absolute atomic E-state index is 0.0897. The molecule has 0 saturated carbocycles. The summed E-state index contributed by atoms with van der Waals surface area (Å²) in [5.74, 6) is -0.851. The van der Waals surface area contributed by atoms with Gasteiger partial charge in [0.05, 0.1) is 4.92 Å². The summed E-state index contributed by atoms with van der Waals surface area (Å²) in [6.07, 6.45) is 0. The van der Waals surface area contributed by atoms with Crippen LogP contribution in [0.3, 0.4) is 0 Å². The summed E-state index contributed by atoms with van der Waals surface area (Å²) < 4.78 is 12.9. The molecule has 0 aliphatic rings. The fourth-order valence-corrected chi connectivity index (χ4v) is 1.91. The van der Waals surface area contributed by atoms with E-state index in [2.05, 4.69) is 5.32 Å². The van der Waals surface area contributed by atoms with Gasteiger partial charge in [-0.25, -0.2) is 4.39 Å². The van der Waals surface area contributed by atoms with Gasteiger partial charge in [-0.3, -0.25) is 14.9 Å². The van der Waals surface area contributed by atoms with Gasteiger partial charge in [0, 0.05) is 29.3 Å². The molecule has 1 amide bonds. The van der Waals surface area contributed by atoms with Crippen LogP contribution in [0.5, 0.6) is 0 Å². The summed E-state index contributed by atoms with van der Waals surface area (Å²) >= 11 is 5.85. The number of halogens is 2. The van der Waals surface area contributed by atoms with E-state index in [1.807, 2.05) is 0 Å². The number of carbonyl (C=O) groups is 1. The molecule has 21 heavy (non-hydrogen) atoms. The van der Waals surface area contributed by atoms with E-state index in [4.69, 9.17) is 11.6 Å². The molecule has 0 radical (unpaired) electrons. The third-order valence-electron chi connectivity index (χ3n) is 2.79. The Hall–Kier alpha value is -2.47. The van der Waals surface area contributed by atoms with Crippen LogP contribution in [0.2, 0.25) is 5.02 Å². The molecule has 0 aliphatic heterocycles. The van der Waals surface area contributed by atoms with Crippen molar-refractivity contribution in [2.45, 2.75) is 6.54 Å². The quantitative estimate of drug-likeness (QED) is 0.695. The third kappa shape index (κ3) is 3.76. The number of amides is 1. The van der Waals surface area contributed by atoms with Crippen LogP contribution in [0.1, 0.15) is 15.9 Å². The lowest BCUT2D eigenvalue weighted by Crippen LogP contribution is -2.22. The molecule has 1 N–H and O–H groups in total. The molecule has 0 unspecified atom stereocenters. The summed E-state index contributed by atoms with van der Waals surface area (Å²) in [4.78, 5) is 21.9. The molecule has 0 aromatic heterocycles. The molecule has 0 bridgehead atoms. The summed E-state index contributed by atoms with van der Waals surface area (Å²) in [7, 11) is 0. The van der Waals surface area contributed by atoms with Crippen molar-refractivity contribution in [1.29, 1.82) is 0 Å². The van der Waals surface area contributed by atoms with Gasteiger partial charge >= 0.3 is 0 Å². The van der Waals surface area contributed by atoms with E-state index in [0.29, 0.717) is 11.1 Å². The Balaban J connectivity index is 2.02. The topological polar surface area (TPSA) is 72.2 Å². The van der Waals surface area contributed by atoms with Crippen LogP contribution in [-0.2, 0) is 6.54 Å². The Morgan fingerprint density at radius 1 is 1.24 bits per heavy atom. The SMILES string of the molecule is O=C(NCc1ccc(F)cc1Cl)c1ccc([N+](=O)[O-])cc1. The molecular formula is C14H10ClFN2O3. The molecule has 108 valence electrons. The van der Waals surface area contributed by atoms with Crippen LogP contribution < -0.4 is 5.32 Å². The first-order valence-electron chi connectivity index (χ1n) is 5.94. The number of hydrogen-bond acceptors (Lipinski definition) is 3. The highest BCUT2D eigenvalue weighted by Gasteiger charge is 2.10. The molecule has 2 rings (SSSR count). The van der Waals surface area contributed by atoms with Crippen LogP contribution >= 0.6 is 11.6 Å². The predicted molar refractivity (Wildman–Crippen MR) is 75.7 cm³/mol. The van der Waals surface area contributed by atoms with Crippen molar-refractivity contribution < 1.29 is 14.1 Å². The van der Waals surface area contributed by atoms with Gasteiger partial charge < -0.3 is 5.32 Å². The van der Waals surface area contributed by atoms with Gasteiger partial charge in [0.25, 0.3) is 11.6 Å². The Morgan fingerprint density at radius 2 is 1.90 bits per heavy atom. The molecule has 0 fully saturated rings. The van der Waals surface area contributed by atoms with Crippen molar-refractivity contribution in [3.8, 4) is 0 Å². The van der Waals surface area contributed by atoms with Crippen molar-refractivity contribution in [3.05, 3.63) is 74.5 Å². The second-order valence-corrected chi connectivity index (χ2v) is 4.63. The highest BCUT2D eigenvalue weighted by molar-refractivity contribution is 6.31. The maximum absolute atomic E-state index is 12.9. The molecule has 2 aromatic carbocycles. The number of nitrogens with one attached hydrogen (secondary N) is 1. The highest BCUT2D eigenvalue weighted by Crippen LogP contribution is 2.17. The standard InChI is InChI=1S/C14H10ClFN2O3/c15-13-7-11(16)4-1-10(13)8-17-14(19)9-2-5-12(6-3-9)18(20)21/h1-7H,8H2,(H,17,19). The molecule has 2 aromatic rings. The largest absolute Gasteiger partial charge is 0.348 e. The lowest BCUT2D eigenvalue weighted by atomic mass is 10.1. The van der Waals surface area contributed by atoms with Crippen molar-refractivity contribution in [2.75, 3.05) is 0 Å². The zero-order valence-electron chi connectivity index (χ0n) is 10.7. The molecule has 0 saturated heterocycles. The van der Waals surface area contributed by atoms with Gasteiger partial charge in [-0.2, -0.15) is 0 Å². The smallest absolute Gasteiger partial charge is 0.269 e. The number of rotatable bonds is 4.